The molecule has 0 saturated carbocycles. The van der Waals surface area contributed by atoms with Crippen molar-refractivity contribution >= 4 is 11.4 Å². The second-order valence-corrected chi connectivity index (χ2v) is 2.49. The van der Waals surface area contributed by atoms with Crippen LogP contribution in [0.15, 0.2) is 29.4 Å². The average molecular weight is 180 g/mol. The summed E-state index contributed by atoms with van der Waals surface area (Å²) in [6, 6.07) is 5.80. The van der Waals surface area contributed by atoms with E-state index in [2.05, 4.69) is 5.16 Å². The van der Waals surface area contributed by atoms with Crippen LogP contribution >= 0.6 is 0 Å². The molecular formula is C8H8N2O3. The van der Waals surface area contributed by atoms with Crippen LogP contribution in [0.25, 0.3) is 0 Å². The molecule has 1 aromatic rings. The highest BCUT2D eigenvalue weighted by atomic mass is 16.6. The van der Waals surface area contributed by atoms with E-state index in [0.717, 1.165) is 0 Å². The van der Waals surface area contributed by atoms with Crippen LogP contribution in [-0.4, -0.2) is 15.8 Å². The summed E-state index contributed by atoms with van der Waals surface area (Å²) in [7, 11) is 0. The van der Waals surface area contributed by atoms with Gasteiger partial charge in [0, 0.05) is 12.1 Å². The Labute approximate surface area is 74.5 Å². The first-order valence-electron chi connectivity index (χ1n) is 3.58. The highest BCUT2D eigenvalue weighted by Crippen LogP contribution is 2.12. The Bertz CT molecular complexity index is 343. The molecule has 0 fully saturated rings. The van der Waals surface area contributed by atoms with Crippen molar-refractivity contribution in [1.82, 2.24) is 0 Å². The predicted octanol–water partition coefficient (Wildman–Crippen LogP) is 1.79. The molecule has 0 atom stereocenters. The molecule has 0 bridgehead atoms. The summed E-state index contributed by atoms with van der Waals surface area (Å²) >= 11 is 0. The third-order valence-corrected chi connectivity index (χ3v) is 1.65. The number of non-ortho nitro benzene ring substituents is 1. The van der Waals surface area contributed by atoms with E-state index >= 15 is 0 Å². The monoisotopic (exact) mass is 180 g/mol. The number of nitrogens with zero attached hydrogens (tertiary/aromatic N) is 2. The van der Waals surface area contributed by atoms with Crippen molar-refractivity contribution < 1.29 is 10.1 Å². The summed E-state index contributed by atoms with van der Waals surface area (Å²) in [4.78, 5) is 9.80. The van der Waals surface area contributed by atoms with Gasteiger partial charge in [0.15, 0.2) is 0 Å². The van der Waals surface area contributed by atoms with Crippen LogP contribution in [0.2, 0.25) is 0 Å². The van der Waals surface area contributed by atoms with E-state index in [4.69, 9.17) is 5.21 Å². The van der Waals surface area contributed by atoms with E-state index in [9.17, 15) is 10.1 Å². The molecule has 0 aliphatic rings. The number of hydrogen-bond acceptors (Lipinski definition) is 4. The van der Waals surface area contributed by atoms with E-state index in [1.807, 2.05) is 0 Å². The molecule has 0 aliphatic carbocycles. The molecule has 0 spiro atoms. The smallest absolute Gasteiger partial charge is 0.269 e. The third-order valence-electron chi connectivity index (χ3n) is 1.65. The van der Waals surface area contributed by atoms with E-state index in [0.29, 0.717) is 11.3 Å². The fourth-order valence-electron chi connectivity index (χ4n) is 0.882. The zero-order chi connectivity index (χ0) is 9.84. The zero-order valence-corrected chi connectivity index (χ0v) is 6.97. The highest BCUT2D eigenvalue weighted by molar-refractivity contribution is 5.98. The maximum atomic E-state index is 10.3. The lowest BCUT2D eigenvalue weighted by Crippen LogP contribution is -1.94. The lowest BCUT2D eigenvalue weighted by atomic mass is 10.1. The molecule has 5 nitrogen and oxygen atoms in total. The molecule has 1 rings (SSSR count). The Morgan fingerprint density at radius 1 is 1.46 bits per heavy atom. The van der Waals surface area contributed by atoms with Crippen molar-refractivity contribution in [3.05, 3.63) is 39.9 Å². The summed E-state index contributed by atoms with van der Waals surface area (Å²) in [5.74, 6) is 0. The molecule has 0 aromatic heterocycles. The SMILES string of the molecule is C/C(=N\O)c1ccc([N+](=O)[O-])cc1. The molecule has 0 aliphatic heterocycles. The molecule has 0 radical (unpaired) electrons. The van der Waals surface area contributed by atoms with E-state index in [1.165, 1.54) is 24.3 Å². The first-order valence-corrected chi connectivity index (χ1v) is 3.58. The van der Waals surface area contributed by atoms with Gasteiger partial charge in [-0.15, -0.1) is 0 Å². The van der Waals surface area contributed by atoms with Gasteiger partial charge < -0.3 is 5.21 Å². The van der Waals surface area contributed by atoms with Gasteiger partial charge in [0.25, 0.3) is 5.69 Å². The molecule has 0 saturated heterocycles. The van der Waals surface area contributed by atoms with Crippen molar-refractivity contribution in [3.8, 4) is 0 Å². The van der Waals surface area contributed by atoms with Gasteiger partial charge in [-0.25, -0.2) is 0 Å². The maximum absolute atomic E-state index is 10.3. The molecule has 68 valence electrons. The van der Waals surface area contributed by atoms with Gasteiger partial charge in [0.1, 0.15) is 0 Å². The van der Waals surface area contributed by atoms with Gasteiger partial charge in [-0.05, 0) is 24.6 Å². The van der Waals surface area contributed by atoms with E-state index in [1.54, 1.807) is 6.92 Å². The van der Waals surface area contributed by atoms with Gasteiger partial charge in [-0.3, -0.25) is 10.1 Å². The second kappa shape index (κ2) is 3.66. The summed E-state index contributed by atoms with van der Waals surface area (Å²) in [5, 5.41) is 21.7. The van der Waals surface area contributed by atoms with Gasteiger partial charge in [-0.2, -0.15) is 0 Å². The van der Waals surface area contributed by atoms with Crippen LogP contribution in [0.1, 0.15) is 12.5 Å². The predicted molar refractivity (Wildman–Crippen MR) is 47.1 cm³/mol. The number of nitro groups is 1. The fourth-order valence-corrected chi connectivity index (χ4v) is 0.882. The van der Waals surface area contributed by atoms with Crippen molar-refractivity contribution in [2.45, 2.75) is 6.92 Å². The maximum Gasteiger partial charge on any atom is 0.269 e. The lowest BCUT2D eigenvalue weighted by Gasteiger charge is -1.96. The van der Waals surface area contributed by atoms with Crippen molar-refractivity contribution in [1.29, 1.82) is 0 Å². The minimum Gasteiger partial charge on any atom is -0.411 e. The molecule has 13 heavy (non-hydrogen) atoms. The number of benzene rings is 1. The van der Waals surface area contributed by atoms with Crippen LogP contribution in [-0.2, 0) is 0 Å². The van der Waals surface area contributed by atoms with Crippen molar-refractivity contribution in [2.24, 2.45) is 5.16 Å². The third kappa shape index (κ3) is 2.02. The Kier molecular flexibility index (Phi) is 2.59. The molecule has 5 heteroatoms. The molecule has 0 unspecified atom stereocenters. The number of oxime groups is 1. The molecule has 1 N–H and O–H groups in total. The Morgan fingerprint density at radius 2 is 2.00 bits per heavy atom. The van der Waals surface area contributed by atoms with Crippen LogP contribution in [0, 0.1) is 10.1 Å². The molecule has 0 amide bonds. The average Bonchev–Trinajstić information content (AvgIpc) is 2.17. The van der Waals surface area contributed by atoms with Crippen molar-refractivity contribution in [3.63, 3.8) is 0 Å². The first-order chi connectivity index (χ1) is 6.15. The highest BCUT2D eigenvalue weighted by Gasteiger charge is 2.04. The first kappa shape index (κ1) is 9.18. The minimum atomic E-state index is -0.477. The normalized spacial score (nSPS) is 11.3. The zero-order valence-electron chi connectivity index (χ0n) is 6.97. The molecule has 0 heterocycles. The van der Waals surface area contributed by atoms with Crippen LogP contribution < -0.4 is 0 Å². The summed E-state index contributed by atoms with van der Waals surface area (Å²) in [6.07, 6.45) is 0. The topological polar surface area (TPSA) is 75.7 Å². The van der Waals surface area contributed by atoms with Gasteiger partial charge in [-0.1, -0.05) is 5.16 Å². The summed E-state index contributed by atoms with van der Waals surface area (Å²) in [6.45, 7) is 1.61. The van der Waals surface area contributed by atoms with Crippen molar-refractivity contribution in [2.75, 3.05) is 0 Å². The minimum absolute atomic E-state index is 0.0227. The lowest BCUT2D eigenvalue weighted by molar-refractivity contribution is -0.384. The van der Waals surface area contributed by atoms with Crippen LogP contribution in [0.4, 0.5) is 5.69 Å². The number of hydrogen-bond donors (Lipinski definition) is 1. The number of rotatable bonds is 2. The summed E-state index contributed by atoms with van der Waals surface area (Å²) in [5.41, 5.74) is 1.11. The van der Waals surface area contributed by atoms with E-state index < -0.39 is 4.92 Å². The van der Waals surface area contributed by atoms with Gasteiger partial charge in [0.2, 0.25) is 0 Å². The Morgan fingerprint density at radius 3 is 2.38 bits per heavy atom. The largest absolute Gasteiger partial charge is 0.411 e. The quantitative estimate of drug-likeness (QED) is 0.326. The van der Waals surface area contributed by atoms with Gasteiger partial charge in [0.05, 0.1) is 10.6 Å². The Balaban J connectivity index is 3.00. The van der Waals surface area contributed by atoms with Gasteiger partial charge >= 0.3 is 0 Å². The molecular weight excluding hydrogens is 172 g/mol. The fraction of sp³-hybridized carbons (Fsp3) is 0.125. The van der Waals surface area contributed by atoms with E-state index in [-0.39, 0.29) is 5.69 Å². The van der Waals surface area contributed by atoms with Crippen LogP contribution in [0.5, 0.6) is 0 Å². The molecule has 1 aromatic carbocycles. The van der Waals surface area contributed by atoms with Crippen LogP contribution in [0.3, 0.4) is 0 Å². The Hall–Kier alpha value is -1.91. The second-order valence-electron chi connectivity index (χ2n) is 2.49. The number of nitro benzene ring substituents is 1. The standard InChI is InChI=1S/C8H8N2O3/c1-6(9-11)7-2-4-8(5-3-7)10(12)13/h2-5,11H,1H3/b9-6+. The summed E-state index contributed by atoms with van der Waals surface area (Å²) < 4.78 is 0.